The predicted octanol–water partition coefficient (Wildman–Crippen LogP) is 3.46. The van der Waals surface area contributed by atoms with E-state index in [1.165, 1.54) is 50.6 Å². The molecule has 0 bridgehead atoms. The van der Waals surface area contributed by atoms with E-state index < -0.39 is 0 Å². The lowest BCUT2D eigenvalue weighted by molar-refractivity contribution is 0.249. The molecule has 1 N–H and O–H groups in total. The van der Waals surface area contributed by atoms with Gasteiger partial charge in [-0.2, -0.15) is 0 Å². The van der Waals surface area contributed by atoms with Crippen molar-refractivity contribution in [1.82, 2.24) is 10.2 Å². The van der Waals surface area contributed by atoms with Crippen LogP contribution in [0.15, 0.2) is 10.5 Å². The fourth-order valence-electron chi connectivity index (χ4n) is 3.35. The van der Waals surface area contributed by atoms with Gasteiger partial charge in [-0.05, 0) is 51.6 Å². The summed E-state index contributed by atoms with van der Waals surface area (Å²) < 4.78 is 5.92. The molecule has 3 heteroatoms. The van der Waals surface area contributed by atoms with E-state index in [0.29, 0.717) is 0 Å². The predicted molar refractivity (Wildman–Crippen MR) is 81.6 cm³/mol. The topological polar surface area (TPSA) is 28.4 Å². The van der Waals surface area contributed by atoms with Crippen LogP contribution in [0.4, 0.5) is 0 Å². The molecule has 1 aromatic heterocycles. The molecule has 0 aliphatic heterocycles. The number of hydrogen-bond donors (Lipinski definition) is 1. The first kappa shape index (κ1) is 14.2. The molecule has 0 atom stereocenters. The highest BCUT2D eigenvalue weighted by atomic mass is 16.3. The van der Waals surface area contributed by atoms with E-state index in [-0.39, 0.29) is 0 Å². The molecular formula is C17H28N2O. The highest BCUT2D eigenvalue weighted by Crippen LogP contribution is 2.26. The lowest BCUT2D eigenvalue weighted by Gasteiger charge is -2.19. The van der Waals surface area contributed by atoms with Gasteiger partial charge in [-0.1, -0.05) is 12.8 Å². The zero-order valence-corrected chi connectivity index (χ0v) is 13.0. The van der Waals surface area contributed by atoms with Crippen molar-refractivity contribution in [3.05, 3.63) is 23.2 Å². The first-order chi connectivity index (χ1) is 9.70. The molecule has 20 heavy (non-hydrogen) atoms. The van der Waals surface area contributed by atoms with E-state index in [1.54, 1.807) is 0 Å². The second kappa shape index (κ2) is 6.31. The van der Waals surface area contributed by atoms with Crippen molar-refractivity contribution in [1.29, 1.82) is 0 Å². The Labute approximate surface area is 122 Å². The molecule has 1 aromatic rings. The molecule has 0 radical (unpaired) electrons. The fourth-order valence-corrected chi connectivity index (χ4v) is 3.35. The molecule has 3 nitrogen and oxygen atoms in total. The molecule has 0 unspecified atom stereocenters. The van der Waals surface area contributed by atoms with Crippen LogP contribution < -0.4 is 5.32 Å². The Bertz CT molecular complexity index is 430. The highest BCUT2D eigenvalue weighted by Gasteiger charge is 2.21. The summed E-state index contributed by atoms with van der Waals surface area (Å²) in [6.07, 6.45) is 8.36. The monoisotopic (exact) mass is 276 g/mol. The van der Waals surface area contributed by atoms with Crippen LogP contribution >= 0.6 is 0 Å². The summed E-state index contributed by atoms with van der Waals surface area (Å²) in [5.41, 5.74) is 1.33. The number of nitrogens with zero attached hydrogens (tertiary/aromatic N) is 1. The van der Waals surface area contributed by atoms with E-state index in [4.69, 9.17) is 4.42 Å². The van der Waals surface area contributed by atoms with Crippen molar-refractivity contribution >= 4 is 0 Å². The molecular weight excluding hydrogens is 248 g/mol. The van der Waals surface area contributed by atoms with Crippen LogP contribution in [0.1, 0.15) is 55.6 Å². The van der Waals surface area contributed by atoms with Crippen LogP contribution in [0, 0.1) is 12.8 Å². The highest BCUT2D eigenvalue weighted by molar-refractivity contribution is 5.21. The van der Waals surface area contributed by atoms with Crippen LogP contribution in [0.2, 0.25) is 0 Å². The second-order valence-electron chi connectivity index (χ2n) is 6.80. The van der Waals surface area contributed by atoms with Crippen molar-refractivity contribution in [3.63, 3.8) is 0 Å². The van der Waals surface area contributed by atoms with Crippen molar-refractivity contribution in [2.75, 3.05) is 13.6 Å². The molecule has 0 spiro atoms. The van der Waals surface area contributed by atoms with Gasteiger partial charge in [0.25, 0.3) is 0 Å². The fraction of sp³-hybridized carbons (Fsp3) is 0.765. The van der Waals surface area contributed by atoms with Crippen LogP contribution in [0.25, 0.3) is 0 Å². The van der Waals surface area contributed by atoms with Gasteiger partial charge in [0.05, 0.1) is 6.54 Å². The first-order valence-electron chi connectivity index (χ1n) is 8.21. The van der Waals surface area contributed by atoms with E-state index in [1.807, 2.05) is 0 Å². The van der Waals surface area contributed by atoms with Crippen molar-refractivity contribution in [2.45, 2.75) is 64.6 Å². The Balaban J connectivity index is 1.49. The van der Waals surface area contributed by atoms with Crippen molar-refractivity contribution in [2.24, 2.45) is 5.92 Å². The lowest BCUT2D eigenvalue weighted by atomic mass is 10.1. The third-order valence-corrected chi connectivity index (χ3v) is 4.70. The van der Waals surface area contributed by atoms with E-state index in [2.05, 4.69) is 30.3 Å². The Morgan fingerprint density at radius 3 is 2.70 bits per heavy atom. The van der Waals surface area contributed by atoms with Crippen LogP contribution in [0.3, 0.4) is 0 Å². The molecule has 2 saturated carbocycles. The normalized spacial score (nSPS) is 20.1. The summed E-state index contributed by atoms with van der Waals surface area (Å²) in [7, 11) is 2.22. The number of aryl methyl sites for hydroxylation is 1. The Morgan fingerprint density at radius 1 is 1.25 bits per heavy atom. The quantitative estimate of drug-likeness (QED) is 0.826. The number of hydrogen-bond acceptors (Lipinski definition) is 3. The Kier molecular flexibility index (Phi) is 4.47. The zero-order chi connectivity index (χ0) is 13.9. The van der Waals surface area contributed by atoms with Crippen LogP contribution in [-0.2, 0) is 13.1 Å². The summed E-state index contributed by atoms with van der Waals surface area (Å²) in [5, 5.41) is 3.57. The van der Waals surface area contributed by atoms with Crippen molar-refractivity contribution in [3.8, 4) is 0 Å². The van der Waals surface area contributed by atoms with Crippen LogP contribution in [-0.4, -0.2) is 24.5 Å². The Hall–Kier alpha value is -0.800. The lowest BCUT2D eigenvalue weighted by Crippen LogP contribution is -2.23. The molecule has 0 amide bonds. The van der Waals surface area contributed by atoms with Gasteiger partial charge in [0.15, 0.2) is 0 Å². The summed E-state index contributed by atoms with van der Waals surface area (Å²) in [4.78, 5) is 2.42. The maximum Gasteiger partial charge on any atom is 0.118 e. The van der Waals surface area contributed by atoms with Crippen LogP contribution in [0.5, 0.6) is 0 Å². The standard InChI is InChI=1S/C17H28N2O/c1-13-15(10-18-16-7-8-16)9-17(20-13)12-19(2)11-14-5-3-4-6-14/h9,14,16,18H,3-8,10-12H2,1-2H3. The Morgan fingerprint density at radius 2 is 2.00 bits per heavy atom. The van der Waals surface area contributed by atoms with Gasteiger partial charge in [0, 0.05) is 24.7 Å². The zero-order valence-electron chi connectivity index (χ0n) is 13.0. The average Bonchev–Trinajstić information content (AvgIpc) is 2.98. The maximum atomic E-state index is 5.92. The van der Waals surface area contributed by atoms with Gasteiger partial charge in [-0.25, -0.2) is 0 Å². The third kappa shape index (κ3) is 3.86. The van der Waals surface area contributed by atoms with Gasteiger partial charge < -0.3 is 9.73 Å². The van der Waals surface area contributed by atoms with Gasteiger partial charge in [-0.3, -0.25) is 4.90 Å². The molecule has 0 saturated heterocycles. The molecule has 1 heterocycles. The number of nitrogens with one attached hydrogen (secondary N) is 1. The van der Waals surface area contributed by atoms with Gasteiger partial charge in [0.2, 0.25) is 0 Å². The van der Waals surface area contributed by atoms with Crippen molar-refractivity contribution < 1.29 is 4.42 Å². The van der Waals surface area contributed by atoms with E-state index >= 15 is 0 Å². The summed E-state index contributed by atoms with van der Waals surface area (Å²) >= 11 is 0. The molecule has 112 valence electrons. The average molecular weight is 276 g/mol. The molecule has 3 rings (SSSR count). The molecule has 2 fully saturated rings. The summed E-state index contributed by atoms with van der Waals surface area (Å²) in [6, 6.07) is 3.01. The second-order valence-corrected chi connectivity index (χ2v) is 6.80. The minimum Gasteiger partial charge on any atom is -0.465 e. The third-order valence-electron chi connectivity index (χ3n) is 4.70. The minimum absolute atomic E-state index is 0.762. The smallest absolute Gasteiger partial charge is 0.118 e. The van der Waals surface area contributed by atoms with E-state index in [0.717, 1.165) is 36.6 Å². The van der Waals surface area contributed by atoms with Gasteiger partial charge >= 0.3 is 0 Å². The maximum absolute atomic E-state index is 5.92. The largest absolute Gasteiger partial charge is 0.465 e. The molecule has 2 aliphatic rings. The molecule has 2 aliphatic carbocycles. The van der Waals surface area contributed by atoms with Gasteiger partial charge in [0.1, 0.15) is 11.5 Å². The first-order valence-corrected chi connectivity index (χ1v) is 8.21. The number of rotatable bonds is 7. The minimum atomic E-state index is 0.762. The summed E-state index contributed by atoms with van der Waals surface area (Å²) in [5.74, 6) is 3.12. The van der Waals surface area contributed by atoms with Gasteiger partial charge in [-0.15, -0.1) is 0 Å². The SMILES string of the molecule is Cc1oc(CN(C)CC2CCCC2)cc1CNC1CC1. The van der Waals surface area contributed by atoms with E-state index in [9.17, 15) is 0 Å². The number of furan rings is 1. The molecule has 0 aromatic carbocycles. The summed E-state index contributed by atoms with van der Waals surface area (Å²) in [6.45, 7) is 5.22.